The first-order chi connectivity index (χ1) is 12.0. The summed E-state index contributed by atoms with van der Waals surface area (Å²) in [5.74, 6) is 0.0445. The van der Waals surface area contributed by atoms with Crippen molar-refractivity contribution in [3.63, 3.8) is 0 Å². The van der Waals surface area contributed by atoms with Crippen LogP contribution in [0.3, 0.4) is 0 Å². The third-order valence-corrected chi connectivity index (χ3v) is 4.32. The molecule has 0 atom stereocenters. The maximum absolute atomic E-state index is 13.4. The van der Waals surface area contributed by atoms with Crippen molar-refractivity contribution >= 4 is 22.7 Å². The van der Waals surface area contributed by atoms with E-state index in [0.717, 1.165) is 24.0 Å². The van der Waals surface area contributed by atoms with Crippen molar-refractivity contribution in [2.24, 2.45) is 5.92 Å². The first-order valence-electron chi connectivity index (χ1n) is 8.75. The summed E-state index contributed by atoms with van der Waals surface area (Å²) in [7, 11) is 0. The molecule has 1 aromatic carbocycles. The number of pyridine rings is 1. The van der Waals surface area contributed by atoms with E-state index in [9.17, 15) is 9.18 Å². The Kier molecular flexibility index (Phi) is 5.36. The third kappa shape index (κ3) is 4.18. The molecule has 134 valence electrons. The van der Waals surface area contributed by atoms with Crippen molar-refractivity contribution in [2.75, 3.05) is 37.7 Å². The van der Waals surface area contributed by atoms with Crippen molar-refractivity contribution in [1.82, 2.24) is 9.88 Å². The van der Waals surface area contributed by atoms with Crippen molar-refractivity contribution < 1.29 is 13.9 Å². The molecule has 3 rings (SSSR count). The van der Waals surface area contributed by atoms with E-state index in [1.54, 1.807) is 17.2 Å². The van der Waals surface area contributed by atoms with Crippen molar-refractivity contribution in [2.45, 2.75) is 20.3 Å². The molecule has 0 aliphatic carbocycles. The molecule has 2 heterocycles. The number of nitrogens with zero attached hydrogens (tertiary/aromatic N) is 3. The molecule has 1 amide bonds. The lowest BCUT2D eigenvalue weighted by Gasteiger charge is -2.24. The van der Waals surface area contributed by atoms with E-state index in [1.807, 2.05) is 19.9 Å². The molecule has 0 saturated carbocycles. The summed E-state index contributed by atoms with van der Waals surface area (Å²) in [5, 5.41) is 0.930. The standard InChI is InChI=1S/C19H24FN3O2/c1-14(2)13-25-19(24)23-9-3-8-22(10-11-23)18-6-7-21-17-12-15(20)4-5-16(17)18/h4-7,12,14H,3,8-11,13H2,1-2H3. The summed E-state index contributed by atoms with van der Waals surface area (Å²) in [6.45, 7) is 7.34. The molecule has 1 saturated heterocycles. The van der Waals surface area contributed by atoms with Gasteiger partial charge < -0.3 is 14.5 Å². The fraction of sp³-hybridized carbons (Fsp3) is 0.474. The van der Waals surface area contributed by atoms with E-state index in [0.29, 0.717) is 37.7 Å². The zero-order valence-electron chi connectivity index (χ0n) is 14.7. The number of anilines is 1. The molecular formula is C19H24FN3O2. The van der Waals surface area contributed by atoms with Crippen LogP contribution in [-0.2, 0) is 4.74 Å². The van der Waals surface area contributed by atoms with Gasteiger partial charge in [-0.15, -0.1) is 0 Å². The second-order valence-corrected chi connectivity index (χ2v) is 6.79. The van der Waals surface area contributed by atoms with Gasteiger partial charge in [-0.3, -0.25) is 4.98 Å². The summed E-state index contributed by atoms with van der Waals surface area (Å²) < 4.78 is 18.8. The fourth-order valence-electron chi connectivity index (χ4n) is 3.05. The number of hydrogen-bond acceptors (Lipinski definition) is 4. The monoisotopic (exact) mass is 345 g/mol. The Balaban J connectivity index is 1.72. The largest absolute Gasteiger partial charge is 0.449 e. The molecule has 0 radical (unpaired) electrons. The van der Waals surface area contributed by atoms with Crippen LogP contribution in [0.15, 0.2) is 30.5 Å². The maximum atomic E-state index is 13.4. The quantitative estimate of drug-likeness (QED) is 0.851. The van der Waals surface area contributed by atoms with E-state index in [1.165, 1.54) is 12.1 Å². The van der Waals surface area contributed by atoms with Gasteiger partial charge in [-0.1, -0.05) is 13.8 Å². The number of benzene rings is 1. The van der Waals surface area contributed by atoms with Crippen LogP contribution in [-0.4, -0.2) is 48.8 Å². The van der Waals surface area contributed by atoms with Gasteiger partial charge in [-0.25, -0.2) is 9.18 Å². The molecule has 1 aliphatic heterocycles. The van der Waals surface area contributed by atoms with Gasteiger partial charge in [-0.2, -0.15) is 0 Å². The molecule has 0 spiro atoms. The third-order valence-electron chi connectivity index (χ3n) is 4.32. The van der Waals surface area contributed by atoms with Gasteiger partial charge in [0.25, 0.3) is 0 Å². The molecule has 0 unspecified atom stereocenters. The summed E-state index contributed by atoms with van der Waals surface area (Å²) in [6, 6.07) is 6.63. The highest BCUT2D eigenvalue weighted by Gasteiger charge is 2.21. The molecule has 2 aromatic rings. The van der Waals surface area contributed by atoms with Gasteiger partial charge in [0, 0.05) is 49.5 Å². The van der Waals surface area contributed by atoms with Crippen molar-refractivity contribution in [1.29, 1.82) is 0 Å². The van der Waals surface area contributed by atoms with Crippen LogP contribution >= 0.6 is 0 Å². The molecule has 0 bridgehead atoms. The van der Waals surface area contributed by atoms with Crippen LogP contribution in [0.25, 0.3) is 10.9 Å². The van der Waals surface area contributed by atoms with Crippen LogP contribution < -0.4 is 4.90 Å². The van der Waals surface area contributed by atoms with E-state index in [4.69, 9.17) is 4.74 Å². The molecule has 1 fully saturated rings. The van der Waals surface area contributed by atoms with Gasteiger partial charge in [-0.05, 0) is 30.5 Å². The van der Waals surface area contributed by atoms with Gasteiger partial charge in [0.2, 0.25) is 0 Å². The van der Waals surface area contributed by atoms with E-state index >= 15 is 0 Å². The number of halogens is 1. The number of amides is 1. The number of aromatic nitrogens is 1. The van der Waals surface area contributed by atoms with Crippen LogP contribution in [0.1, 0.15) is 20.3 Å². The van der Waals surface area contributed by atoms with Crippen molar-refractivity contribution in [3.8, 4) is 0 Å². The Morgan fingerprint density at radius 2 is 2.08 bits per heavy atom. The summed E-state index contributed by atoms with van der Waals surface area (Å²) in [6.07, 6.45) is 2.33. The minimum absolute atomic E-state index is 0.239. The van der Waals surface area contributed by atoms with E-state index < -0.39 is 0 Å². The maximum Gasteiger partial charge on any atom is 0.409 e. The fourth-order valence-corrected chi connectivity index (χ4v) is 3.05. The van der Waals surface area contributed by atoms with Gasteiger partial charge in [0.05, 0.1) is 12.1 Å². The Bertz CT molecular complexity index is 751. The Morgan fingerprint density at radius 1 is 1.24 bits per heavy atom. The Labute approximate surface area is 147 Å². The van der Waals surface area contributed by atoms with Crippen LogP contribution in [0, 0.1) is 11.7 Å². The topological polar surface area (TPSA) is 45.7 Å². The normalized spacial score (nSPS) is 15.5. The van der Waals surface area contributed by atoms with E-state index in [2.05, 4.69) is 9.88 Å². The minimum Gasteiger partial charge on any atom is -0.449 e. The van der Waals surface area contributed by atoms with Gasteiger partial charge in [0.1, 0.15) is 5.82 Å². The first kappa shape index (κ1) is 17.5. The zero-order chi connectivity index (χ0) is 17.8. The number of carbonyl (C=O) groups is 1. The molecule has 0 N–H and O–H groups in total. The number of fused-ring (bicyclic) bond motifs is 1. The number of carbonyl (C=O) groups excluding carboxylic acids is 1. The lowest BCUT2D eigenvalue weighted by atomic mass is 10.1. The lowest BCUT2D eigenvalue weighted by molar-refractivity contribution is 0.0943. The van der Waals surface area contributed by atoms with Crippen molar-refractivity contribution in [3.05, 3.63) is 36.3 Å². The smallest absolute Gasteiger partial charge is 0.409 e. The highest BCUT2D eigenvalue weighted by atomic mass is 19.1. The van der Waals surface area contributed by atoms with Crippen LogP contribution in [0.2, 0.25) is 0 Å². The summed E-state index contributed by atoms with van der Waals surface area (Å²) in [4.78, 5) is 20.4. The number of rotatable bonds is 3. The highest BCUT2D eigenvalue weighted by Crippen LogP contribution is 2.26. The number of hydrogen-bond donors (Lipinski definition) is 0. The van der Waals surface area contributed by atoms with Crippen LogP contribution in [0.4, 0.5) is 14.9 Å². The van der Waals surface area contributed by atoms with Crippen LogP contribution in [0.5, 0.6) is 0 Å². The SMILES string of the molecule is CC(C)COC(=O)N1CCCN(c2ccnc3cc(F)ccc23)CC1. The molecule has 1 aliphatic rings. The predicted octanol–water partition coefficient (Wildman–Crippen LogP) is 3.68. The second kappa shape index (κ2) is 7.68. The molecule has 6 heteroatoms. The van der Waals surface area contributed by atoms with Gasteiger partial charge >= 0.3 is 6.09 Å². The average molecular weight is 345 g/mol. The molecular weight excluding hydrogens is 321 g/mol. The zero-order valence-corrected chi connectivity index (χ0v) is 14.7. The molecule has 5 nitrogen and oxygen atoms in total. The summed E-state index contributed by atoms with van der Waals surface area (Å²) >= 11 is 0. The molecule has 25 heavy (non-hydrogen) atoms. The predicted molar refractivity (Wildman–Crippen MR) is 96.3 cm³/mol. The molecule has 1 aromatic heterocycles. The second-order valence-electron chi connectivity index (χ2n) is 6.79. The Morgan fingerprint density at radius 3 is 2.88 bits per heavy atom. The van der Waals surface area contributed by atoms with E-state index in [-0.39, 0.29) is 11.9 Å². The number of ether oxygens (including phenoxy) is 1. The average Bonchev–Trinajstić information content (AvgIpc) is 2.85. The minimum atomic E-state index is -0.285. The first-order valence-corrected chi connectivity index (χ1v) is 8.75. The Hall–Kier alpha value is -2.37. The lowest BCUT2D eigenvalue weighted by Crippen LogP contribution is -2.36. The van der Waals surface area contributed by atoms with Gasteiger partial charge in [0.15, 0.2) is 0 Å². The summed E-state index contributed by atoms with van der Waals surface area (Å²) in [5.41, 5.74) is 1.68. The highest BCUT2D eigenvalue weighted by molar-refractivity contribution is 5.91.